The first-order chi connectivity index (χ1) is 10.1. The van der Waals surface area contributed by atoms with Crippen LogP contribution >= 0.6 is 39.1 Å². The van der Waals surface area contributed by atoms with Gasteiger partial charge in [-0.3, -0.25) is 0 Å². The minimum absolute atomic E-state index is 0. The third-order valence-corrected chi connectivity index (χ3v) is 6.10. The van der Waals surface area contributed by atoms with Gasteiger partial charge in [-0.2, -0.15) is 0 Å². The molecule has 0 radical (unpaired) electrons. The van der Waals surface area contributed by atoms with E-state index in [1.807, 2.05) is 6.07 Å². The fourth-order valence-electron chi connectivity index (χ4n) is 3.79. The molecule has 5 heteroatoms. The quantitative estimate of drug-likeness (QED) is 0.471. The zero-order valence-electron chi connectivity index (χ0n) is 12.5. The van der Waals surface area contributed by atoms with Crippen LogP contribution in [0.3, 0.4) is 0 Å². The Bertz CT molecular complexity index is 525. The first-order valence-electron chi connectivity index (χ1n) is 7.78. The van der Waals surface area contributed by atoms with E-state index in [2.05, 4.69) is 44.8 Å². The molecule has 1 aromatic rings. The predicted octanol–water partition coefficient (Wildman–Crippen LogP) is 2.17. The molecular weight excluding hydrogens is 449 g/mol. The molecule has 0 saturated heterocycles. The van der Waals surface area contributed by atoms with Crippen molar-refractivity contribution in [2.75, 3.05) is 5.33 Å². The van der Waals surface area contributed by atoms with Crippen molar-refractivity contribution >= 4 is 44.8 Å². The molecule has 1 unspecified atom stereocenters. The third kappa shape index (κ3) is 3.74. The SMILES string of the molecule is ClC1(Cl)CC(CBr)[N+](C2CCCCC2)=C1c1ccccc1.[Br-]. The summed E-state index contributed by atoms with van der Waals surface area (Å²) in [6, 6.07) is 11.4. The van der Waals surface area contributed by atoms with Crippen LogP contribution in [0.5, 0.6) is 0 Å². The number of nitrogens with zero attached hydrogens (tertiary/aromatic N) is 1. The highest BCUT2D eigenvalue weighted by atomic mass is 79.9. The zero-order chi connectivity index (χ0) is 14.9. The van der Waals surface area contributed by atoms with Crippen LogP contribution < -0.4 is 17.0 Å². The van der Waals surface area contributed by atoms with Crippen LogP contribution in [-0.2, 0) is 0 Å². The van der Waals surface area contributed by atoms with E-state index < -0.39 is 4.33 Å². The molecule has 1 aromatic carbocycles. The number of rotatable bonds is 3. The van der Waals surface area contributed by atoms with Crippen molar-refractivity contribution in [2.24, 2.45) is 0 Å². The van der Waals surface area contributed by atoms with Gasteiger partial charge in [0.05, 0.1) is 11.8 Å². The Balaban J connectivity index is 0.00000176. The first kappa shape index (κ1) is 18.8. The van der Waals surface area contributed by atoms with Crippen LogP contribution in [0.4, 0.5) is 0 Å². The molecule has 1 nitrogen and oxygen atoms in total. The Morgan fingerprint density at radius 2 is 1.73 bits per heavy atom. The van der Waals surface area contributed by atoms with Gasteiger partial charge in [-0.15, -0.1) is 0 Å². The lowest BCUT2D eigenvalue weighted by atomic mass is 9.94. The normalized spacial score (nSPS) is 25.1. The van der Waals surface area contributed by atoms with Crippen molar-refractivity contribution in [3.05, 3.63) is 35.9 Å². The maximum Gasteiger partial charge on any atom is 0.220 e. The van der Waals surface area contributed by atoms with Crippen LogP contribution in [0.1, 0.15) is 44.1 Å². The standard InChI is InChI=1S/C17H21BrCl2N.BrH/c18-12-15-11-17(19,20)16(13-7-3-1-4-8-13)21(15)14-9-5-2-6-10-14;/h1,3-4,7-8,14-15H,2,5-6,9-12H2;1H/q+1;/p-1. The maximum atomic E-state index is 6.72. The van der Waals surface area contributed by atoms with Crippen LogP contribution in [0, 0.1) is 0 Å². The van der Waals surface area contributed by atoms with Crippen molar-refractivity contribution in [1.82, 2.24) is 0 Å². The number of hydrogen-bond donors (Lipinski definition) is 0. The summed E-state index contributed by atoms with van der Waals surface area (Å²) in [6.07, 6.45) is 7.29. The summed E-state index contributed by atoms with van der Waals surface area (Å²) in [6.45, 7) is 0. The van der Waals surface area contributed by atoms with Gasteiger partial charge in [-0.25, -0.2) is 4.58 Å². The van der Waals surface area contributed by atoms with E-state index in [0.717, 1.165) is 23.0 Å². The highest BCUT2D eigenvalue weighted by Gasteiger charge is 2.52. The van der Waals surface area contributed by atoms with Gasteiger partial charge < -0.3 is 17.0 Å². The Labute approximate surface area is 162 Å². The molecule has 0 aromatic heterocycles. The largest absolute Gasteiger partial charge is 1.00 e. The molecule has 1 fully saturated rings. The van der Waals surface area contributed by atoms with Crippen LogP contribution in [0.2, 0.25) is 0 Å². The molecule has 1 aliphatic heterocycles. The van der Waals surface area contributed by atoms with Gasteiger partial charge in [0.15, 0.2) is 12.1 Å². The Hall–Kier alpha value is 0.430. The highest BCUT2D eigenvalue weighted by Crippen LogP contribution is 2.40. The molecule has 122 valence electrons. The smallest absolute Gasteiger partial charge is 0.220 e. The third-order valence-electron chi connectivity index (χ3n) is 4.68. The molecule has 2 aliphatic rings. The van der Waals surface area contributed by atoms with Gasteiger partial charge in [-0.05, 0) is 25.0 Å². The second-order valence-corrected chi connectivity index (χ2v) is 8.26. The van der Waals surface area contributed by atoms with Gasteiger partial charge in [0.25, 0.3) is 0 Å². The molecule has 22 heavy (non-hydrogen) atoms. The number of benzene rings is 1. The summed E-state index contributed by atoms with van der Waals surface area (Å²) in [5.74, 6) is 0. The average Bonchev–Trinajstić information content (AvgIpc) is 2.80. The van der Waals surface area contributed by atoms with Gasteiger partial charge in [0.1, 0.15) is 0 Å². The Morgan fingerprint density at radius 3 is 2.32 bits per heavy atom. The fraction of sp³-hybridized carbons (Fsp3) is 0.588. The fourth-order valence-corrected chi connectivity index (χ4v) is 5.10. The summed E-state index contributed by atoms with van der Waals surface area (Å²) >= 11 is 17.1. The number of alkyl halides is 3. The number of hydrogen-bond acceptors (Lipinski definition) is 0. The summed E-state index contributed by atoms with van der Waals surface area (Å²) in [5, 5.41) is 0.918. The topological polar surface area (TPSA) is 3.01 Å². The summed E-state index contributed by atoms with van der Waals surface area (Å²) in [7, 11) is 0. The molecule has 0 amide bonds. The predicted molar refractivity (Wildman–Crippen MR) is 94.3 cm³/mol. The van der Waals surface area contributed by atoms with Crippen molar-refractivity contribution in [3.8, 4) is 0 Å². The van der Waals surface area contributed by atoms with Crippen molar-refractivity contribution in [3.63, 3.8) is 0 Å². The summed E-state index contributed by atoms with van der Waals surface area (Å²) in [5.41, 5.74) is 2.28. The van der Waals surface area contributed by atoms with E-state index >= 15 is 0 Å². The minimum Gasteiger partial charge on any atom is -1.00 e. The highest BCUT2D eigenvalue weighted by molar-refractivity contribution is 9.09. The molecular formula is C17H21Br2Cl2N. The monoisotopic (exact) mass is 467 g/mol. The Kier molecular flexibility index (Phi) is 6.83. The summed E-state index contributed by atoms with van der Waals surface area (Å²) in [4.78, 5) is 0. The van der Waals surface area contributed by atoms with Crippen LogP contribution in [0.15, 0.2) is 30.3 Å². The molecule has 1 atom stereocenters. The Morgan fingerprint density at radius 1 is 1.09 bits per heavy atom. The van der Waals surface area contributed by atoms with Gasteiger partial charge in [0, 0.05) is 18.4 Å². The van der Waals surface area contributed by atoms with Gasteiger partial charge in [-0.1, -0.05) is 63.8 Å². The molecule has 3 rings (SSSR count). The molecule has 0 N–H and O–H groups in total. The second-order valence-electron chi connectivity index (χ2n) is 6.13. The van der Waals surface area contributed by atoms with Crippen LogP contribution in [-0.4, -0.2) is 32.0 Å². The van der Waals surface area contributed by atoms with E-state index in [1.54, 1.807) is 0 Å². The maximum absolute atomic E-state index is 6.72. The van der Waals surface area contributed by atoms with Crippen molar-refractivity contribution < 1.29 is 21.6 Å². The molecule has 0 bridgehead atoms. The molecule has 0 spiro atoms. The van der Waals surface area contributed by atoms with Gasteiger partial charge >= 0.3 is 0 Å². The number of halogens is 4. The van der Waals surface area contributed by atoms with E-state index in [4.69, 9.17) is 23.2 Å². The molecule has 1 heterocycles. The minimum atomic E-state index is -0.781. The molecule has 1 aliphatic carbocycles. The van der Waals surface area contributed by atoms with Crippen molar-refractivity contribution in [2.45, 2.75) is 54.9 Å². The van der Waals surface area contributed by atoms with E-state index in [1.165, 1.54) is 32.1 Å². The van der Waals surface area contributed by atoms with E-state index in [0.29, 0.717) is 12.1 Å². The van der Waals surface area contributed by atoms with E-state index in [-0.39, 0.29) is 17.0 Å². The lowest BCUT2D eigenvalue weighted by Crippen LogP contribution is -3.00. The average molecular weight is 470 g/mol. The summed E-state index contributed by atoms with van der Waals surface area (Å²) < 4.78 is 1.75. The van der Waals surface area contributed by atoms with Crippen LogP contribution in [0.25, 0.3) is 0 Å². The zero-order valence-corrected chi connectivity index (χ0v) is 17.1. The van der Waals surface area contributed by atoms with Crippen molar-refractivity contribution in [1.29, 1.82) is 0 Å². The lowest BCUT2D eigenvalue weighted by molar-refractivity contribution is -0.592. The lowest BCUT2D eigenvalue weighted by Gasteiger charge is -2.23. The van der Waals surface area contributed by atoms with Gasteiger partial charge in [0.2, 0.25) is 10.0 Å². The first-order valence-corrected chi connectivity index (χ1v) is 9.66. The second kappa shape index (κ2) is 8.00. The van der Waals surface area contributed by atoms with E-state index in [9.17, 15) is 0 Å². The molecule has 1 saturated carbocycles.